The van der Waals surface area contributed by atoms with Crippen LogP contribution in [0.1, 0.15) is 44.6 Å². The van der Waals surface area contributed by atoms with Crippen molar-refractivity contribution in [3.05, 3.63) is 35.9 Å². The lowest BCUT2D eigenvalue weighted by molar-refractivity contribution is -0.132. The van der Waals surface area contributed by atoms with Gasteiger partial charge < -0.3 is 10.6 Å². The molecule has 1 aliphatic rings. The fourth-order valence-corrected chi connectivity index (χ4v) is 3.20. The maximum absolute atomic E-state index is 12.4. The molecule has 2 N–H and O–H groups in total. The van der Waals surface area contributed by atoms with Crippen molar-refractivity contribution in [1.29, 1.82) is 0 Å². The van der Waals surface area contributed by atoms with Crippen molar-refractivity contribution in [3.8, 4) is 0 Å². The van der Waals surface area contributed by atoms with Crippen LogP contribution in [0, 0.1) is 5.92 Å². The first-order valence-corrected chi connectivity index (χ1v) is 8.24. The third kappa shape index (κ3) is 4.85. The summed E-state index contributed by atoms with van der Waals surface area (Å²) in [6.07, 6.45) is 5.92. The molecular formula is C18H28N2O. The second-order valence-corrected chi connectivity index (χ2v) is 6.29. The van der Waals surface area contributed by atoms with Crippen molar-refractivity contribution < 1.29 is 4.79 Å². The van der Waals surface area contributed by atoms with Gasteiger partial charge in [0.2, 0.25) is 5.91 Å². The number of nitrogens with two attached hydrogens (primary N) is 1. The lowest BCUT2D eigenvalue weighted by atomic mass is 10.0. The first-order valence-electron chi connectivity index (χ1n) is 8.24. The van der Waals surface area contributed by atoms with E-state index in [1.807, 2.05) is 6.07 Å². The Labute approximate surface area is 128 Å². The van der Waals surface area contributed by atoms with Gasteiger partial charge in [0, 0.05) is 19.0 Å². The van der Waals surface area contributed by atoms with Gasteiger partial charge in [-0.15, -0.1) is 0 Å². The predicted octanol–water partition coefficient (Wildman–Crippen LogP) is 2.99. The predicted molar refractivity (Wildman–Crippen MR) is 87.0 cm³/mol. The molecule has 1 fully saturated rings. The van der Waals surface area contributed by atoms with Crippen LogP contribution in [0.15, 0.2) is 30.3 Å². The van der Waals surface area contributed by atoms with E-state index in [0.717, 1.165) is 45.2 Å². The number of likely N-dealkylation sites (tertiary alicyclic amines) is 1. The Bertz CT molecular complexity index is 432. The molecule has 3 nitrogen and oxygen atoms in total. The van der Waals surface area contributed by atoms with Crippen LogP contribution in [0.3, 0.4) is 0 Å². The highest BCUT2D eigenvalue weighted by Gasteiger charge is 2.28. The minimum absolute atomic E-state index is 0.331. The van der Waals surface area contributed by atoms with Crippen molar-refractivity contribution in [2.75, 3.05) is 13.1 Å². The fourth-order valence-electron chi connectivity index (χ4n) is 3.20. The van der Waals surface area contributed by atoms with Crippen molar-refractivity contribution in [3.63, 3.8) is 0 Å². The van der Waals surface area contributed by atoms with E-state index in [2.05, 4.69) is 36.1 Å². The molecule has 1 heterocycles. The van der Waals surface area contributed by atoms with E-state index < -0.39 is 0 Å². The second kappa shape index (κ2) is 8.18. The summed E-state index contributed by atoms with van der Waals surface area (Å²) in [5.74, 6) is 0.881. The summed E-state index contributed by atoms with van der Waals surface area (Å²) < 4.78 is 0. The molecule has 21 heavy (non-hydrogen) atoms. The molecule has 1 aliphatic heterocycles. The molecular weight excluding hydrogens is 260 g/mol. The number of amides is 1. The van der Waals surface area contributed by atoms with E-state index in [4.69, 9.17) is 5.73 Å². The van der Waals surface area contributed by atoms with E-state index in [0.29, 0.717) is 24.3 Å². The maximum atomic E-state index is 12.4. The molecule has 0 saturated carbocycles. The van der Waals surface area contributed by atoms with Crippen LogP contribution >= 0.6 is 0 Å². The molecule has 1 saturated heterocycles. The summed E-state index contributed by atoms with van der Waals surface area (Å²) in [5, 5.41) is 0. The molecule has 2 rings (SSSR count). The van der Waals surface area contributed by atoms with Gasteiger partial charge >= 0.3 is 0 Å². The van der Waals surface area contributed by atoms with Crippen LogP contribution in [-0.4, -0.2) is 29.9 Å². The summed E-state index contributed by atoms with van der Waals surface area (Å²) in [5.41, 5.74) is 6.90. The molecule has 0 bridgehead atoms. The maximum Gasteiger partial charge on any atom is 0.222 e. The standard InChI is InChI=1S/C18H28N2O/c1-15(11-12-19)9-10-18(21)20-13-5-8-17(20)14-16-6-3-2-4-7-16/h2-4,6-7,15,17H,5,8-14,19H2,1H3. The van der Waals surface area contributed by atoms with Crippen LogP contribution in [0.5, 0.6) is 0 Å². The number of hydrogen-bond acceptors (Lipinski definition) is 2. The summed E-state index contributed by atoms with van der Waals surface area (Å²) >= 11 is 0. The Morgan fingerprint density at radius 3 is 2.81 bits per heavy atom. The minimum Gasteiger partial charge on any atom is -0.339 e. The molecule has 116 valence electrons. The fraction of sp³-hybridized carbons (Fsp3) is 0.611. The Morgan fingerprint density at radius 1 is 1.33 bits per heavy atom. The number of nitrogens with zero attached hydrogens (tertiary/aromatic N) is 1. The molecule has 2 atom stereocenters. The highest BCUT2D eigenvalue weighted by Crippen LogP contribution is 2.23. The van der Waals surface area contributed by atoms with Gasteiger partial charge in [-0.05, 0) is 50.1 Å². The molecule has 1 aromatic carbocycles. The van der Waals surface area contributed by atoms with Gasteiger partial charge in [0.05, 0.1) is 0 Å². The van der Waals surface area contributed by atoms with Crippen molar-refractivity contribution >= 4 is 5.91 Å². The summed E-state index contributed by atoms with van der Waals surface area (Å²) in [4.78, 5) is 14.6. The van der Waals surface area contributed by atoms with Gasteiger partial charge in [-0.3, -0.25) is 4.79 Å². The summed E-state index contributed by atoms with van der Waals surface area (Å²) in [7, 11) is 0. The first kappa shape index (κ1) is 16.0. The van der Waals surface area contributed by atoms with Crippen molar-refractivity contribution in [2.24, 2.45) is 11.7 Å². The molecule has 0 aromatic heterocycles. The molecule has 3 heteroatoms. The Hall–Kier alpha value is -1.35. The van der Waals surface area contributed by atoms with Gasteiger partial charge in [-0.25, -0.2) is 0 Å². The smallest absolute Gasteiger partial charge is 0.222 e. The van der Waals surface area contributed by atoms with Gasteiger partial charge in [0.15, 0.2) is 0 Å². The zero-order chi connectivity index (χ0) is 15.1. The SMILES string of the molecule is CC(CCN)CCC(=O)N1CCCC1Cc1ccccc1. The van der Waals surface area contributed by atoms with Crippen LogP contribution in [-0.2, 0) is 11.2 Å². The number of benzene rings is 1. The number of rotatable bonds is 7. The van der Waals surface area contributed by atoms with Crippen LogP contribution < -0.4 is 5.73 Å². The van der Waals surface area contributed by atoms with E-state index in [1.165, 1.54) is 5.56 Å². The molecule has 2 unspecified atom stereocenters. The topological polar surface area (TPSA) is 46.3 Å². The third-order valence-corrected chi connectivity index (χ3v) is 4.52. The minimum atomic E-state index is 0.331. The lowest BCUT2D eigenvalue weighted by Gasteiger charge is -2.25. The second-order valence-electron chi connectivity index (χ2n) is 6.29. The third-order valence-electron chi connectivity index (χ3n) is 4.52. The zero-order valence-corrected chi connectivity index (χ0v) is 13.1. The molecule has 0 spiro atoms. The average Bonchev–Trinajstić information content (AvgIpc) is 2.94. The van der Waals surface area contributed by atoms with Crippen LogP contribution in [0.25, 0.3) is 0 Å². The Kier molecular flexibility index (Phi) is 6.24. The van der Waals surface area contributed by atoms with Gasteiger partial charge in [0.25, 0.3) is 0 Å². The Balaban J connectivity index is 1.84. The van der Waals surface area contributed by atoms with Gasteiger partial charge in [0.1, 0.15) is 0 Å². The lowest BCUT2D eigenvalue weighted by Crippen LogP contribution is -2.36. The molecule has 1 amide bonds. The highest BCUT2D eigenvalue weighted by molar-refractivity contribution is 5.76. The normalized spacial score (nSPS) is 19.7. The number of carbonyl (C=O) groups is 1. The monoisotopic (exact) mass is 288 g/mol. The van der Waals surface area contributed by atoms with Crippen molar-refractivity contribution in [1.82, 2.24) is 4.90 Å². The van der Waals surface area contributed by atoms with Crippen LogP contribution in [0.4, 0.5) is 0 Å². The largest absolute Gasteiger partial charge is 0.339 e. The quantitative estimate of drug-likeness (QED) is 0.838. The summed E-state index contributed by atoms with van der Waals surface area (Å²) in [6, 6.07) is 10.9. The Morgan fingerprint density at radius 2 is 2.10 bits per heavy atom. The molecule has 0 aliphatic carbocycles. The molecule has 1 aromatic rings. The summed E-state index contributed by atoms with van der Waals surface area (Å²) in [6.45, 7) is 3.84. The van der Waals surface area contributed by atoms with E-state index in [9.17, 15) is 4.79 Å². The van der Waals surface area contributed by atoms with Crippen molar-refractivity contribution in [2.45, 2.75) is 51.5 Å². The van der Waals surface area contributed by atoms with Crippen LogP contribution in [0.2, 0.25) is 0 Å². The van der Waals surface area contributed by atoms with Gasteiger partial charge in [-0.1, -0.05) is 37.3 Å². The first-order chi connectivity index (χ1) is 10.2. The zero-order valence-electron chi connectivity index (χ0n) is 13.1. The molecule has 0 radical (unpaired) electrons. The van der Waals surface area contributed by atoms with E-state index in [1.54, 1.807) is 0 Å². The van der Waals surface area contributed by atoms with E-state index >= 15 is 0 Å². The van der Waals surface area contributed by atoms with E-state index in [-0.39, 0.29) is 0 Å². The number of carbonyl (C=O) groups excluding carboxylic acids is 1. The highest BCUT2D eigenvalue weighted by atomic mass is 16.2. The average molecular weight is 288 g/mol. The number of hydrogen-bond donors (Lipinski definition) is 1. The van der Waals surface area contributed by atoms with Gasteiger partial charge in [-0.2, -0.15) is 0 Å².